The summed E-state index contributed by atoms with van der Waals surface area (Å²) in [5, 5.41) is 42.4. The molecule has 0 saturated carbocycles. The SMILES string of the molecule is O=C1C=C(c2cc(Br)c(O)c(Br)c2)[C@]2(O1)O[C@]1(OC(=O)C=C1c1cc(Br)c(O)c(Br)c1)C(c1cc(Br)c(O)c(Br)c1)=C2c1ccc(O)c(Br)c1. The van der Waals surface area contributed by atoms with Crippen molar-refractivity contribution in [2.75, 3.05) is 0 Å². The molecule has 4 aromatic rings. The van der Waals surface area contributed by atoms with Gasteiger partial charge < -0.3 is 29.9 Å². The summed E-state index contributed by atoms with van der Waals surface area (Å²) in [6.07, 6.45) is 2.49. The number of rotatable bonds is 4. The van der Waals surface area contributed by atoms with Crippen LogP contribution in [0.25, 0.3) is 22.3 Å². The fourth-order valence-electron chi connectivity index (χ4n) is 6.06. The number of aromatic hydroxyl groups is 4. The monoisotopic (exact) mass is 1120 g/mol. The van der Waals surface area contributed by atoms with Crippen LogP contribution in [0, 0.1) is 0 Å². The van der Waals surface area contributed by atoms with Gasteiger partial charge in [-0.1, -0.05) is 6.07 Å². The zero-order valence-corrected chi connectivity index (χ0v) is 35.4. The third-order valence-corrected chi connectivity index (χ3v) is 12.4. The van der Waals surface area contributed by atoms with E-state index in [0.29, 0.717) is 44.6 Å². The topological polar surface area (TPSA) is 143 Å². The highest BCUT2D eigenvalue weighted by Crippen LogP contribution is 2.64. The number of phenols is 4. The van der Waals surface area contributed by atoms with Gasteiger partial charge in [-0.05, 0) is 182 Å². The first-order chi connectivity index (χ1) is 23.6. The Balaban J connectivity index is 1.65. The maximum atomic E-state index is 13.5. The Morgan fingerprint density at radius 2 is 0.800 bits per heavy atom. The Bertz CT molecular complexity index is 2260. The van der Waals surface area contributed by atoms with E-state index in [2.05, 4.69) is 112 Å². The molecule has 7 rings (SSSR count). The van der Waals surface area contributed by atoms with Gasteiger partial charge in [0.2, 0.25) is 0 Å². The van der Waals surface area contributed by atoms with Gasteiger partial charge in [0.1, 0.15) is 23.0 Å². The molecule has 16 heteroatoms. The number of ether oxygens (including phenoxy) is 3. The van der Waals surface area contributed by atoms with Crippen LogP contribution in [0.5, 0.6) is 23.0 Å². The molecule has 0 saturated heterocycles. The average Bonchev–Trinajstić information content (AvgIpc) is 3.66. The molecule has 0 aromatic heterocycles. The average molecular weight is 1130 g/mol. The predicted octanol–water partition coefficient (Wildman–Crippen LogP) is 10.5. The van der Waals surface area contributed by atoms with Crippen LogP contribution >= 0.6 is 112 Å². The van der Waals surface area contributed by atoms with Crippen LogP contribution in [0.4, 0.5) is 0 Å². The minimum Gasteiger partial charge on any atom is -0.507 e. The van der Waals surface area contributed by atoms with E-state index in [4.69, 9.17) is 14.2 Å². The lowest BCUT2D eigenvalue weighted by Gasteiger charge is -2.34. The highest BCUT2D eigenvalue weighted by molar-refractivity contribution is 9.12. The van der Waals surface area contributed by atoms with Gasteiger partial charge in [-0.25, -0.2) is 9.59 Å². The largest absolute Gasteiger partial charge is 0.507 e. The molecule has 0 radical (unpaired) electrons. The molecule has 2 spiro atoms. The molecule has 0 aliphatic carbocycles. The first-order valence-corrected chi connectivity index (χ1v) is 19.5. The predicted molar refractivity (Wildman–Crippen MR) is 208 cm³/mol. The van der Waals surface area contributed by atoms with Crippen LogP contribution in [0.3, 0.4) is 0 Å². The number of esters is 2. The Labute approximate surface area is 341 Å². The van der Waals surface area contributed by atoms with Crippen molar-refractivity contribution in [2.45, 2.75) is 11.6 Å². The molecule has 3 heterocycles. The molecule has 254 valence electrons. The molecule has 4 aromatic carbocycles. The fraction of sp³-hybridized carbons (Fsp3) is 0.0588. The van der Waals surface area contributed by atoms with E-state index in [0.717, 1.165) is 0 Å². The second-order valence-electron chi connectivity index (χ2n) is 11.1. The van der Waals surface area contributed by atoms with Crippen molar-refractivity contribution in [3.63, 3.8) is 0 Å². The third kappa shape index (κ3) is 5.65. The van der Waals surface area contributed by atoms with Crippen molar-refractivity contribution in [3.05, 3.63) is 120 Å². The molecular formula is C34H15Br7O9. The summed E-state index contributed by atoms with van der Waals surface area (Å²) < 4.78 is 21.4. The van der Waals surface area contributed by atoms with Gasteiger partial charge in [0, 0.05) is 34.4 Å². The molecule has 3 aliphatic heterocycles. The molecule has 50 heavy (non-hydrogen) atoms. The summed E-state index contributed by atoms with van der Waals surface area (Å²) in [5.74, 6) is -6.22. The van der Waals surface area contributed by atoms with Gasteiger partial charge in [0.25, 0.3) is 11.6 Å². The highest BCUT2D eigenvalue weighted by atomic mass is 79.9. The van der Waals surface area contributed by atoms with Crippen LogP contribution in [-0.2, 0) is 23.8 Å². The van der Waals surface area contributed by atoms with Crippen LogP contribution < -0.4 is 0 Å². The number of carbonyl (C=O) groups is 2. The molecule has 0 amide bonds. The molecule has 9 nitrogen and oxygen atoms in total. The lowest BCUT2D eigenvalue weighted by molar-refractivity contribution is -0.232. The summed E-state index contributed by atoms with van der Waals surface area (Å²) in [7, 11) is 0. The van der Waals surface area contributed by atoms with E-state index in [1.807, 2.05) is 0 Å². The Hall–Kier alpha value is -2.44. The molecule has 4 N–H and O–H groups in total. The second kappa shape index (κ2) is 12.9. The maximum absolute atomic E-state index is 13.5. The number of hydrogen-bond donors (Lipinski definition) is 4. The van der Waals surface area contributed by atoms with Crippen molar-refractivity contribution >= 4 is 146 Å². The van der Waals surface area contributed by atoms with Gasteiger partial charge >= 0.3 is 11.9 Å². The van der Waals surface area contributed by atoms with Crippen molar-refractivity contribution in [1.82, 2.24) is 0 Å². The highest BCUT2D eigenvalue weighted by Gasteiger charge is 2.67. The zero-order valence-electron chi connectivity index (χ0n) is 24.3. The summed E-state index contributed by atoms with van der Waals surface area (Å²) in [6.45, 7) is 0. The first kappa shape index (κ1) is 35.9. The number of hydrogen-bond acceptors (Lipinski definition) is 9. The number of phenolic OH excluding ortho intramolecular Hbond substituents is 4. The molecule has 3 aliphatic rings. The van der Waals surface area contributed by atoms with Crippen LogP contribution in [-0.4, -0.2) is 43.9 Å². The van der Waals surface area contributed by atoms with E-state index < -0.39 is 23.5 Å². The van der Waals surface area contributed by atoms with Gasteiger partial charge in [0.05, 0.1) is 31.3 Å². The summed E-state index contributed by atoms with van der Waals surface area (Å²) in [5.41, 5.74) is 2.29. The Kier molecular flexibility index (Phi) is 9.27. The standard InChI is InChI=1S/C34H15Br7O9/c35-18-3-12(1-2-25(18)42)28-29(15-8-23(40)32(47)24(41)9-15)34(17(11-27(44)49-34)14-6-21(38)31(46)22(39)7-14)50-33(28)16(10-26(43)48-33)13-4-19(36)30(45)20(37)5-13/h1-11,42,45-47H/t33-,34-/m0/s1. The smallest absolute Gasteiger partial charge is 0.334 e. The third-order valence-electron chi connectivity index (χ3n) is 8.12. The number of benzene rings is 4. The van der Waals surface area contributed by atoms with Gasteiger partial charge in [-0.2, -0.15) is 0 Å². The molecule has 2 atom stereocenters. The minimum absolute atomic E-state index is 0.0778. The van der Waals surface area contributed by atoms with Crippen molar-refractivity contribution in [1.29, 1.82) is 0 Å². The molecular weight excluding hydrogens is 1110 g/mol. The molecule has 0 bridgehead atoms. The van der Waals surface area contributed by atoms with E-state index in [9.17, 15) is 30.0 Å². The Morgan fingerprint density at radius 1 is 0.460 bits per heavy atom. The van der Waals surface area contributed by atoms with E-state index in [1.54, 1.807) is 48.5 Å². The van der Waals surface area contributed by atoms with Crippen molar-refractivity contribution in [3.8, 4) is 23.0 Å². The first-order valence-electron chi connectivity index (χ1n) is 14.0. The van der Waals surface area contributed by atoms with Gasteiger partial charge in [-0.15, -0.1) is 0 Å². The quantitative estimate of drug-likeness (QED) is 0.147. The van der Waals surface area contributed by atoms with Gasteiger partial charge in [-0.3, -0.25) is 4.74 Å². The van der Waals surface area contributed by atoms with Crippen LogP contribution in [0.2, 0.25) is 0 Å². The maximum Gasteiger partial charge on any atom is 0.334 e. The summed E-state index contributed by atoms with van der Waals surface area (Å²) >= 11 is 23.7. The number of halogens is 7. The van der Waals surface area contributed by atoms with Crippen molar-refractivity contribution in [2.24, 2.45) is 0 Å². The van der Waals surface area contributed by atoms with Crippen LogP contribution in [0.1, 0.15) is 22.3 Å². The summed E-state index contributed by atoms with van der Waals surface area (Å²) in [6, 6.07) is 14.1. The van der Waals surface area contributed by atoms with E-state index in [-0.39, 0.29) is 54.2 Å². The Morgan fingerprint density at radius 3 is 1.18 bits per heavy atom. The molecule has 0 unspecified atom stereocenters. The second-order valence-corrected chi connectivity index (χ2v) is 17.1. The van der Waals surface area contributed by atoms with E-state index >= 15 is 0 Å². The zero-order chi connectivity index (χ0) is 36.0. The lowest BCUT2D eigenvalue weighted by Crippen LogP contribution is -2.41. The van der Waals surface area contributed by atoms with Gasteiger partial charge in [0.15, 0.2) is 0 Å². The van der Waals surface area contributed by atoms with Crippen molar-refractivity contribution < 1.29 is 44.2 Å². The fourth-order valence-corrected chi connectivity index (χ4v) is 10.0. The normalized spacial score (nSPS) is 21.3. The van der Waals surface area contributed by atoms with E-state index in [1.165, 1.54) is 18.2 Å². The minimum atomic E-state index is -2.14. The van der Waals surface area contributed by atoms with Crippen LogP contribution in [0.15, 0.2) is 98.1 Å². The number of carbonyl (C=O) groups excluding carboxylic acids is 2. The molecule has 0 fully saturated rings. The summed E-state index contributed by atoms with van der Waals surface area (Å²) in [4.78, 5) is 27.1. The lowest BCUT2D eigenvalue weighted by atomic mass is 9.81.